The van der Waals surface area contributed by atoms with Crippen molar-refractivity contribution in [2.75, 3.05) is 20.5 Å². The van der Waals surface area contributed by atoms with E-state index in [4.69, 9.17) is 18.9 Å². The number of fused-ring (bicyclic) bond motifs is 5. The third kappa shape index (κ3) is 4.50. The molecule has 7 heteroatoms. The first-order valence-corrected chi connectivity index (χ1v) is 12.8. The van der Waals surface area contributed by atoms with Crippen LogP contribution in [0.15, 0.2) is 23.8 Å². The average molecular weight is 489 g/mol. The molecule has 3 fully saturated rings. The predicted octanol–water partition coefficient (Wildman–Crippen LogP) is 4.74. The maximum Gasteiger partial charge on any atom is 0.305 e. The predicted molar refractivity (Wildman–Crippen MR) is 129 cm³/mol. The van der Waals surface area contributed by atoms with Crippen molar-refractivity contribution in [1.82, 2.24) is 0 Å². The molecule has 35 heavy (non-hydrogen) atoms. The van der Waals surface area contributed by atoms with Crippen LogP contribution in [0.2, 0.25) is 0 Å². The van der Waals surface area contributed by atoms with Gasteiger partial charge in [-0.3, -0.25) is 14.4 Å². The Bertz CT molecular complexity index is 938. The largest absolute Gasteiger partial charge is 0.458 e. The molecule has 0 saturated heterocycles. The molecule has 7 nitrogen and oxygen atoms in total. The van der Waals surface area contributed by atoms with Crippen LogP contribution in [0.25, 0.3) is 0 Å². The highest BCUT2D eigenvalue weighted by atomic mass is 16.8. The minimum Gasteiger partial charge on any atom is -0.458 e. The molecule has 0 aromatic carbocycles. The third-order valence-corrected chi connectivity index (χ3v) is 9.61. The smallest absolute Gasteiger partial charge is 0.305 e. The van der Waals surface area contributed by atoms with Gasteiger partial charge >= 0.3 is 11.9 Å². The molecule has 0 spiro atoms. The highest BCUT2D eigenvalue weighted by molar-refractivity contribution is 5.87. The Morgan fingerprint density at radius 1 is 1.09 bits per heavy atom. The zero-order valence-electron chi connectivity index (χ0n) is 21.8. The van der Waals surface area contributed by atoms with Gasteiger partial charge in [-0.15, -0.1) is 0 Å². The lowest BCUT2D eigenvalue weighted by molar-refractivity contribution is -0.270. The summed E-state index contributed by atoms with van der Waals surface area (Å²) in [6, 6.07) is 0. The van der Waals surface area contributed by atoms with E-state index >= 15 is 0 Å². The van der Waals surface area contributed by atoms with Crippen LogP contribution in [0.1, 0.15) is 72.6 Å². The summed E-state index contributed by atoms with van der Waals surface area (Å²) < 4.78 is 21.9. The van der Waals surface area contributed by atoms with Crippen LogP contribution >= 0.6 is 0 Å². The fourth-order valence-corrected chi connectivity index (χ4v) is 8.08. The number of hydrogen-bond acceptors (Lipinski definition) is 7. The van der Waals surface area contributed by atoms with Gasteiger partial charge in [0.25, 0.3) is 0 Å². The Balaban J connectivity index is 1.58. The van der Waals surface area contributed by atoms with Gasteiger partial charge in [0.15, 0.2) is 19.2 Å². The van der Waals surface area contributed by atoms with Crippen molar-refractivity contribution < 1.29 is 33.3 Å². The number of Topliss-reactive ketones (excluding diaryl/α,β-unsaturated/α-hetero) is 1. The fourth-order valence-electron chi connectivity index (χ4n) is 8.08. The van der Waals surface area contributed by atoms with Crippen molar-refractivity contribution in [1.29, 1.82) is 0 Å². The normalized spacial score (nSPS) is 40.1. The highest BCUT2D eigenvalue weighted by Crippen LogP contribution is 2.67. The maximum atomic E-state index is 13.1. The average Bonchev–Trinajstić information content (AvgIpc) is 3.06. The molecule has 0 N–H and O–H groups in total. The number of carbonyl (C=O) groups excluding carboxylic acids is 3. The molecule has 0 aliphatic heterocycles. The van der Waals surface area contributed by atoms with Gasteiger partial charge < -0.3 is 18.9 Å². The summed E-state index contributed by atoms with van der Waals surface area (Å²) in [6.07, 6.45) is 8.19. The number of methoxy groups -OCH3 is 1. The van der Waals surface area contributed by atoms with Crippen molar-refractivity contribution >= 4 is 17.7 Å². The summed E-state index contributed by atoms with van der Waals surface area (Å²) in [4.78, 5) is 36.3. The number of hydrogen-bond donors (Lipinski definition) is 0. The van der Waals surface area contributed by atoms with Crippen molar-refractivity contribution in [3.63, 3.8) is 0 Å². The lowest BCUT2D eigenvalue weighted by atomic mass is 9.47. The molecule has 4 aliphatic rings. The number of ether oxygens (including phenoxy) is 4. The van der Waals surface area contributed by atoms with E-state index in [2.05, 4.69) is 26.5 Å². The van der Waals surface area contributed by atoms with Crippen LogP contribution in [-0.2, 0) is 33.3 Å². The molecule has 0 amide bonds. The molecule has 0 bridgehead atoms. The standard InChI is InChI=1S/C28H40O7/c1-17-13-23-21-8-7-20-14-28(34-16-32-6,35-19(3)30)12-11-26(20,4)22(21)9-10-27(23,5)25(17)24(31)15-33-18(2)29/h7,21-23,25H,1,8-16H2,2-6H3/t21-,22+,23+,25-,26+,27+,28+/m1/s1. The van der Waals surface area contributed by atoms with Gasteiger partial charge in [-0.2, -0.15) is 0 Å². The van der Waals surface area contributed by atoms with Crippen molar-refractivity contribution in [3.8, 4) is 0 Å². The summed E-state index contributed by atoms with van der Waals surface area (Å²) in [5.74, 6) is -0.690. The third-order valence-electron chi connectivity index (χ3n) is 9.61. The first kappa shape index (κ1) is 26.1. The van der Waals surface area contributed by atoms with Gasteiger partial charge in [-0.1, -0.05) is 37.6 Å². The Morgan fingerprint density at radius 3 is 2.49 bits per heavy atom. The SMILES string of the molecule is C=C1C[C@H]2[C@@H]3CC=C4C[C@@](OCOC)(OC(C)=O)CC[C@]4(C)[C@H]3CC[C@]2(C)[C@H]1C(=O)COC(C)=O. The van der Waals surface area contributed by atoms with Gasteiger partial charge in [-0.05, 0) is 60.7 Å². The van der Waals surface area contributed by atoms with Crippen molar-refractivity contribution in [3.05, 3.63) is 23.8 Å². The molecule has 4 rings (SSSR count). The second kappa shape index (κ2) is 9.47. The topological polar surface area (TPSA) is 88.1 Å². The van der Waals surface area contributed by atoms with Crippen LogP contribution in [0.4, 0.5) is 0 Å². The minimum absolute atomic E-state index is 0.00545. The minimum atomic E-state index is -0.973. The second-order valence-corrected chi connectivity index (χ2v) is 11.6. The van der Waals surface area contributed by atoms with E-state index in [1.807, 2.05) is 0 Å². The summed E-state index contributed by atoms with van der Waals surface area (Å²) >= 11 is 0. The number of carbonyl (C=O) groups is 3. The van der Waals surface area contributed by atoms with E-state index in [1.54, 1.807) is 7.11 Å². The molecule has 0 aromatic heterocycles. The Hall–Kier alpha value is -1.99. The van der Waals surface area contributed by atoms with Crippen molar-refractivity contribution in [2.24, 2.45) is 34.5 Å². The van der Waals surface area contributed by atoms with Crippen LogP contribution in [0, 0.1) is 34.5 Å². The molecule has 0 aromatic rings. The second-order valence-electron chi connectivity index (χ2n) is 11.6. The molecule has 4 aliphatic carbocycles. The number of esters is 2. The molecule has 0 radical (unpaired) electrons. The van der Waals surface area contributed by atoms with Crippen molar-refractivity contribution in [2.45, 2.75) is 78.4 Å². The zero-order chi connectivity index (χ0) is 25.6. The van der Waals surface area contributed by atoms with Crippen LogP contribution < -0.4 is 0 Å². The number of ketones is 1. The van der Waals surface area contributed by atoms with Crippen LogP contribution in [-0.4, -0.2) is 44.0 Å². The lowest BCUT2D eigenvalue weighted by Gasteiger charge is -2.58. The van der Waals surface area contributed by atoms with E-state index in [9.17, 15) is 14.4 Å². The zero-order valence-corrected chi connectivity index (χ0v) is 21.8. The fraction of sp³-hybridized carbons (Fsp3) is 0.750. The van der Waals surface area contributed by atoms with E-state index in [0.29, 0.717) is 30.6 Å². The summed E-state index contributed by atoms with van der Waals surface area (Å²) in [5, 5.41) is 0. The molecule has 7 atom stereocenters. The van der Waals surface area contributed by atoms with E-state index < -0.39 is 11.8 Å². The molecule has 194 valence electrons. The Morgan fingerprint density at radius 2 is 1.83 bits per heavy atom. The van der Waals surface area contributed by atoms with Gasteiger partial charge in [-0.25, -0.2) is 0 Å². The monoisotopic (exact) mass is 488 g/mol. The first-order chi connectivity index (χ1) is 16.5. The molecule has 3 saturated carbocycles. The Kier molecular flexibility index (Phi) is 7.06. The number of rotatable bonds is 7. The molecule has 0 heterocycles. The number of allylic oxidation sites excluding steroid dienone is 2. The molecular weight excluding hydrogens is 448 g/mol. The lowest BCUT2D eigenvalue weighted by Crippen LogP contribution is -2.54. The van der Waals surface area contributed by atoms with Crippen LogP contribution in [0.5, 0.6) is 0 Å². The molecular formula is C28H40O7. The van der Waals surface area contributed by atoms with Gasteiger partial charge in [0, 0.05) is 39.7 Å². The summed E-state index contributed by atoms with van der Waals surface area (Å²) in [6.45, 7) is 11.6. The van der Waals surface area contributed by atoms with E-state index in [-0.39, 0.29) is 41.9 Å². The quantitative estimate of drug-likeness (QED) is 0.290. The van der Waals surface area contributed by atoms with Gasteiger partial charge in [0.1, 0.15) is 0 Å². The van der Waals surface area contributed by atoms with Crippen LogP contribution in [0.3, 0.4) is 0 Å². The maximum absolute atomic E-state index is 13.1. The first-order valence-electron chi connectivity index (χ1n) is 12.8. The highest BCUT2D eigenvalue weighted by Gasteiger charge is 2.62. The van der Waals surface area contributed by atoms with E-state index in [1.165, 1.54) is 19.4 Å². The summed E-state index contributed by atoms with van der Waals surface area (Å²) in [7, 11) is 1.57. The Labute approximate surface area is 208 Å². The van der Waals surface area contributed by atoms with Gasteiger partial charge in [0.05, 0.1) is 0 Å². The molecule has 0 unspecified atom stereocenters. The summed E-state index contributed by atoms with van der Waals surface area (Å²) in [5.41, 5.74) is 2.14. The van der Waals surface area contributed by atoms with Gasteiger partial charge in [0.2, 0.25) is 5.79 Å². The van der Waals surface area contributed by atoms with E-state index in [0.717, 1.165) is 37.7 Å².